The maximum absolute atomic E-state index is 12.4. The Balaban J connectivity index is 1.96. The monoisotopic (exact) mass is 304 g/mol. The van der Waals surface area contributed by atoms with Crippen molar-refractivity contribution in [2.45, 2.75) is 39.2 Å². The molecule has 120 valence electrons. The molecule has 2 N–H and O–H groups in total. The molecule has 1 aromatic carbocycles. The van der Waals surface area contributed by atoms with Crippen molar-refractivity contribution in [1.82, 2.24) is 5.32 Å². The number of nitrogens with one attached hydrogen (secondary N) is 1. The predicted molar refractivity (Wildman–Crippen MR) is 85.7 cm³/mol. The number of benzene rings is 1. The van der Waals surface area contributed by atoms with Crippen LogP contribution in [-0.2, 0) is 9.59 Å². The Kier molecular flexibility index (Phi) is 5.19. The second-order valence-corrected chi connectivity index (χ2v) is 6.28. The number of hydrogen-bond donors (Lipinski definition) is 2. The zero-order valence-electron chi connectivity index (χ0n) is 13.4. The molecule has 0 aromatic heterocycles. The third kappa shape index (κ3) is 3.65. The van der Waals surface area contributed by atoms with Gasteiger partial charge in [-0.15, -0.1) is 0 Å². The third-order valence-electron chi connectivity index (χ3n) is 4.01. The lowest BCUT2D eigenvalue weighted by Crippen LogP contribution is -2.44. The Hall–Kier alpha value is -1.88. The van der Waals surface area contributed by atoms with Crippen LogP contribution in [0.1, 0.15) is 38.7 Å². The van der Waals surface area contributed by atoms with E-state index in [1.54, 1.807) is 11.8 Å². The number of amides is 2. The fourth-order valence-corrected chi connectivity index (χ4v) is 2.94. The highest BCUT2D eigenvalue weighted by Gasteiger charge is 2.32. The molecule has 3 unspecified atom stereocenters. The van der Waals surface area contributed by atoms with Crippen molar-refractivity contribution in [3.8, 4) is 0 Å². The van der Waals surface area contributed by atoms with Crippen LogP contribution < -0.4 is 10.2 Å². The van der Waals surface area contributed by atoms with Gasteiger partial charge in [-0.1, -0.05) is 32.0 Å². The van der Waals surface area contributed by atoms with Crippen LogP contribution in [0.3, 0.4) is 0 Å². The van der Waals surface area contributed by atoms with E-state index >= 15 is 0 Å². The van der Waals surface area contributed by atoms with E-state index < -0.39 is 17.9 Å². The first-order valence-corrected chi connectivity index (χ1v) is 7.76. The summed E-state index contributed by atoms with van der Waals surface area (Å²) >= 11 is 0. The molecule has 0 fully saturated rings. The van der Waals surface area contributed by atoms with E-state index in [1.165, 1.54) is 0 Å². The van der Waals surface area contributed by atoms with E-state index in [4.69, 9.17) is 0 Å². The minimum atomic E-state index is -0.582. The van der Waals surface area contributed by atoms with E-state index in [9.17, 15) is 14.7 Å². The van der Waals surface area contributed by atoms with Gasteiger partial charge < -0.3 is 15.3 Å². The van der Waals surface area contributed by atoms with Gasteiger partial charge in [0.2, 0.25) is 0 Å². The summed E-state index contributed by atoms with van der Waals surface area (Å²) in [5, 5.41) is 12.0. The van der Waals surface area contributed by atoms with Gasteiger partial charge in [0.25, 0.3) is 0 Å². The van der Waals surface area contributed by atoms with Crippen LogP contribution in [0, 0.1) is 5.92 Å². The standard InChI is InChI=1S/C17H24N2O3/c1-11(8-13(3)20)9-18-16(21)17(22)19-10-12(2)14-6-4-5-7-15(14)19/h4-7,11-13,20H,8-10H2,1-3H3,(H,18,21). The van der Waals surface area contributed by atoms with Gasteiger partial charge >= 0.3 is 11.8 Å². The summed E-state index contributed by atoms with van der Waals surface area (Å²) in [6.07, 6.45) is 0.187. The smallest absolute Gasteiger partial charge is 0.316 e. The van der Waals surface area contributed by atoms with Gasteiger partial charge in [0.05, 0.1) is 6.10 Å². The first-order valence-electron chi connectivity index (χ1n) is 7.76. The summed E-state index contributed by atoms with van der Waals surface area (Å²) in [7, 11) is 0. The molecule has 3 atom stereocenters. The van der Waals surface area contributed by atoms with Gasteiger partial charge in [0.15, 0.2) is 0 Å². The Morgan fingerprint density at radius 2 is 2.05 bits per heavy atom. The number of fused-ring (bicyclic) bond motifs is 1. The summed E-state index contributed by atoms with van der Waals surface area (Å²) in [5.41, 5.74) is 1.93. The average Bonchev–Trinajstić information content (AvgIpc) is 2.81. The number of rotatable bonds is 4. The molecule has 2 amide bonds. The summed E-state index contributed by atoms with van der Waals surface area (Å²) in [6, 6.07) is 7.69. The maximum Gasteiger partial charge on any atom is 0.316 e. The topological polar surface area (TPSA) is 69.6 Å². The van der Waals surface area contributed by atoms with Crippen molar-refractivity contribution >= 4 is 17.5 Å². The molecule has 0 spiro atoms. The number of carbonyl (C=O) groups is 2. The summed E-state index contributed by atoms with van der Waals surface area (Å²) in [4.78, 5) is 26.0. The number of carbonyl (C=O) groups excluding carboxylic acids is 2. The summed E-state index contributed by atoms with van der Waals surface area (Å²) < 4.78 is 0. The van der Waals surface area contributed by atoms with Gasteiger partial charge in [-0.25, -0.2) is 0 Å². The van der Waals surface area contributed by atoms with Gasteiger partial charge in [-0.2, -0.15) is 0 Å². The van der Waals surface area contributed by atoms with Gasteiger partial charge in [0, 0.05) is 24.7 Å². The fraction of sp³-hybridized carbons (Fsp3) is 0.529. The predicted octanol–water partition coefficient (Wildman–Crippen LogP) is 1.66. The minimum Gasteiger partial charge on any atom is -0.393 e. The Labute approximate surface area is 131 Å². The second kappa shape index (κ2) is 6.92. The molecule has 2 rings (SSSR count). The molecule has 22 heavy (non-hydrogen) atoms. The van der Waals surface area contributed by atoms with Gasteiger partial charge in [-0.3, -0.25) is 9.59 Å². The normalized spacial score (nSPS) is 19.5. The summed E-state index contributed by atoms with van der Waals surface area (Å²) in [5.74, 6) is -0.731. The van der Waals surface area contributed by atoms with Crippen LogP contribution in [-0.4, -0.2) is 36.1 Å². The molecule has 0 aliphatic carbocycles. The largest absolute Gasteiger partial charge is 0.393 e. The lowest BCUT2D eigenvalue weighted by atomic mass is 10.0. The highest BCUT2D eigenvalue weighted by Crippen LogP contribution is 2.35. The van der Waals surface area contributed by atoms with E-state index in [-0.39, 0.29) is 11.8 Å². The molecular formula is C17H24N2O3. The molecule has 1 aliphatic heterocycles. The molecule has 5 nitrogen and oxygen atoms in total. The molecule has 0 bridgehead atoms. The zero-order chi connectivity index (χ0) is 16.3. The minimum absolute atomic E-state index is 0.126. The van der Waals surface area contributed by atoms with Crippen LogP contribution in [0.25, 0.3) is 0 Å². The number of nitrogens with zero attached hydrogens (tertiary/aromatic N) is 1. The Bertz CT molecular complexity index is 557. The average molecular weight is 304 g/mol. The van der Waals surface area contributed by atoms with Gasteiger partial charge in [0.1, 0.15) is 0 Å². The molecular weight excluding hydrogens is 280 g/mol. The highest BCUT2D eigenvalue weighted by molar-refractivity contribution is 6.40. The van der Waals surface area contributed by atoms with E-state index in [2.05, 4.69) is 12.2 Å². The molecule has 0 radical (unpaired) electrons. The lowest BCUT2D eigenvalue weighted by molar-refractivity contribution is -0.137. The van der Waals surface area contributed by atoms with E-state index in [0.717, 1.165) is 11.3 Å². The van der Waals surface area contributed by atoms with Crippen LogP contribution in [0.4, 0.5) is 5.69 Å². The molecule has 0 saturated heterocycles. The quantitative estimate of drug-likeness (QED) is 0.831. The van der Waals surface area contributed by atoms with Crippen molar-refractivity contribution in [1.29, 1.82) is 0 Å². The van der Waals surface area contributed by atoms with E-state index in [0.29, 0.717) is 19.5 Å². The van der Waals surface area contributed by atoms with Crippen LogP contribution >= 0.6 is 0 Å². The Morgan fingerprint density at radius 1 is 1.36 bits per heavy atom. The van der Waals surface area contributed by atoms with Crippen molar-refractivity contribution in [2.24, 2.45) is 5.92 Å². The number of hydrogen-bond acceptors (Lipinski definition) is 3. The van der Waals surface area contributed by atoms with E-state index in [1.807, 2.05) is 31.2 Å². The third-order valence-corrected chi connectivity index (χ3v) is 4.01. The first-order chi connectivity index (χ1) is 10.4. The molecule has 5 heteroatoms. The van der Waals surface area contributed by atoms with Crippen molar-refractivity contribution in [2.75, 3.05) is 18.0 Å². The maximum atomic E-state index is 12.4. The number of aliphatic hydroxyl groups is 1. The van der Waals surface area contributed by atoms with Crippen molar-refractivity contribution < 1.29 is 14.7 Å². The SMILES string of the molecule is CC(O)CC(C)CNC(=O)C(=O)N1CC(C)c2ccccc21. The van der Waals surface area contributed by atoms with Crippen LogP contribution in [0.5, 0.6) is 0 Å². The molecule has 1 aliphatic rings. The zero-order valence-corrected chi connectivity index (χ0v) is 13.4. The molecule has 1 aromatic rings. The first kappa shape index (κ1) is 16.5. The number of para-hydroxylation sites is 1. The molecule has 0 saturated carbocycles. The summed E-state index contributed by atoms with van der Waals surface area (Å²) in [6.45, 7) is 6.63. The number of anilines is 1. The van der Waals surface area contributed by atoms with Crippen molar-refractivity contribution in [3.63, 3.8) is 0 Å². The van der Waals surface area contributed by atoms with Crippen LogP contribution in [0.2, 0.25) is 0 Å². The lowest BCUT2D eigenvalue weighted by Gasteiger charge is -2.18. The fourth-order valence-electron chi connectivity index (χ4n) is 2.94. The van der Waals surface area contributed by atoms with Crippen molar-refractivity contribution in [3.05, 3.63) is 29.8 Å². The highest BCUT2D eigenvalue weighted by atomic mass is 16.3. The van der Waals surface area contributed by atoms with Crippen LogP contribution in [0.15, 0.2) is 24.3 Å². The second-order valence-electron chi connectivity index (χ2n) is 6.28. The van der Waals surface area contributed by atoms with Gasteiger partial charge in [-0.05, 0) is 30.9 Å². The molecule has 1 heterocycles. The number of aliphatic hydroxyl groups excluding tert-OH is 1. The Morgan fingerprint density at radius 3 is 2.73 bits per heavy atom.